The van der Waals surface area contributed by atoms with E-state index in [0.717, 1.165) is 17.9 Å². The normalized spacial score (nSPS) is 12.9. The molecule has 22 heavy (non-hydrogen) atoms. The minimum atomic E-state index is -4.46. The fourth-order valence-electron chi connectivity index (χ4n) is 2.03. The third kappa shape index (κ3) is 4.38. The second-order valence-corrected chi connectivity index (χ2v) is 5.07. The molecule has 6 heteroatoms. The molecular formula is C16H16F3NO2. The van der Waals surface area contributed by atoms with Crippen LogP contribution in [-0.4, -0.2) is 11.9 Å². The number of furan rings is 1. The van der Waals surface area contributed by atoms with E-state index in [9.17, 15) is 18.0 Å². The van der Waals surface area contributed by atoms with Gasteiger partial charge < -0.3 is 9.73 Å². The summed E-state index contributed by atoms with van der Waals surface area (Å²) in [4.78, 5) is 12.0. The van der Waals surface area contributed by atoms with E-state index < -0.39 is 17.6 Å². The molecule has 1 amide bonds. The first-order valence-corrected chi connectivity index (χ1v) is 6.87. The summed E-state index contributed by atoms with van der Waals surface area (Å²) in [5, 5.41) is 2.69. The number of carbonyl (C=O) groups excluding carboxylic acids is 1. The molecule has 0 spiro atoms. The third-order valence-electron chi connectivity index (χ3n) is 3.23. The Morgan fingerprint density at radius 3 is 2.68 bits per heavy atom. The first kappa shape index (κ1) is 16.1. The Morgan fingerprint density at radius 1 is 1.27 bits per heavy atom. The lowest BCUT2D eigenvalue weighted by Crippen LogP contribution is -2.33. The van der Waals surface area contributed by atoms with Gasteiger partial charge in [0.25, 0.3) is 5.91 Å². The van der Waals surface area contributed by atoms with Crippen molar-refractivity contribution in [1.29, 1.82) is 0 Å². The topological polar surface area (TPSA) is 42.2 Å². The number of aryl methyl sites for hydroxylation is 1. The van der Waals surface area contributed by atoms with Gasteiger partial charge in [-0.2, -0.15) is 13.2 Å². The molecule has 1 aromatic heterocycles. The van der Waals surface area contributed by atoms with Crippen LogP contribution in [0.3, 0.4) is 0 Å². The van der Waals surface area contributed by atoms with Crippen molar-refractivity contribution in [2.75, 3.05) is 0 Å². The molecule has 0 radical (unpaired) electrons. The highest BCUT2D eigenvalue weighted by molar-refractivity contribution is 5.94. The number of halogens is 3. The molecule has 1 heterocycles. The predicted octanol–water partition coefficient (Wildman–Crippen LogP) is 4.05. The minimum absolute atomic E-state index is 0.000302. The van der Waals surface area contributed by atoms with Crippen molar-refractivity contribution in [3.05, 3.63) is 59.5 Å². The highest BCUT2D eigenvalue weighted by atomic mass is 19.4. The van der Waals surface area contributed by atoms with Gasteiger partial charge in [0.05, 0.1) is 11.8 Å². The maximum Gasteiger partial charge on any atom is 0.416 e. The summed E-state index contributed by atoms with van der Waals surface area (Å²) in [6.07, 6.45) is -1.60. The quantitative estimate of drug-likeness (QED) is 0.905. The van der Waals surface area contributed by atoms with Crippen molar-refractivity contribution < 1.29 is 22.4 Å². The van der Waals surface area contributed by atoms with Crippen molar-refractivity contribution in [3.8, 4) is 0 Å². The van der Waals surface area contributed by atoms with Crippen molar-refractivity contribution in [1.82, 2.24) is 5.32 Å². The van der Waals surface area contributed by atoms with Gasteiger partial charge in [0.15, 0.2) is 0 Å². The highest BCUT2D eigenvalue weighted by Gasteiger charge is 2.30. The monoisotopic (exact) mass is 311 g/mol. The van der Waals surface area contributed by atoms with Crippen LogP contribution in [0.15, 0.2) is 47.1 Å². The van der Waals surface area contributed by atoms with E-state index in [4.69, 9.17) is 4.42 Å². The zero-order valence-electron chi connectivity index (χ0n) is 12.0. The van der Waals surface area contributed by atoms with Gasteiger partial charge in [-0.25, -0.2) is 0 Å². The van der Waals surface area contributed by atoms with E-state index in [2.05, 4.69) is 5.32 Å². The molecule has 1 atom stereocenters. The summed E-state index contributed by atoms with van der Waals surface area (Å²) in [6, 6.07) is 7.83. The number of nitrogens with one attached hydrogen (secondary N) is 1. The number of amides is 1. The van der Waals surface area contributed by atoms with E-state index in [1.54, 1.807) is 19.3 Å². The zero-order valence-corrected chi connectivity index (χ0v) is 12.0. The molecule has 0 saturated heterocycles. The molecule has 118 valence electrons. The summed E-state index contributed by atoms with van der Waals surface area (Å²) < 4.78 is 43.1. The summed E-state index contributed by atoms with van der Waals surface area (Å²) >= 11 is 0. The number of benzene rings is 1. The van der Waals surface area contributed by atoms with Crippen LogP contribution in [0, 0.1) is 0 Å². The van der Waals surface area contributed by atoms with Crippen LogP contribution in [0.2, 0.25) is 0 Å². The maximum atomic E-state index is 12.6. The second kappa shape index (κ2) is 6.68. The summed E-state index contributed by atoms with van der Waals surface area (Å²) in [7, 11) is 0. The van der Waals surface area contributed by atoms with Gasteiger partial charge in [0.2, 0.25) is 0 Å². The lowest BCUT2D eigenvalue weighted by molar-refractivity contribution is -0.137. The molecule has 2 aromatic rings. The second-order valence-electron chi connectivity index (χ2n) is 5.07. The number of carbonyl (C=O) groups is 1. The molecule has 3 nitrogen and oxygen atoms in total. The fourth-order valence-corrected chi connectivity index (χ4v) is 2.03. The van der Waals surface area contributed by atoms with Gasteiger partial charge in [-0.15, -0.1) is 0 Å². The van der Waals surface area contributed by atoms with Gasteiger partial charge in [0.1, 0.15) is 5.76 Å². The average Bonchev–Trinajstić information content (AvgIpc) is 2.97. The fraction of sp³-hybridized carbons (Fsp3) is 0.312. The van der Waals surface area contributed by atoms with Crippen LogP contribution in [-0.2, 0) is 12.6 Å². The Morgan fingerprint density at radius 2 is 2.05 bits per heavy atom. The van der Waals surface area contributed by atoms with Gasteiger partial charge in [-0.3, -0.25) is 4.79 Å². The van der Waals surface area contributed by atoms with Gasteiger partial charge in [-0.05, 0) is 43.7 Å². The number of hydrogen-bond donors (Lipinski definition) is 1. The van der Waals surface area contributed by atoms with Crippen LogP contribution in [0.25, 0.3) is 0 Å². The molecule has 0 aliphatic carbocycles. The smallest absolute Gasteiger partial charge is 0.416 e. The van der Waals surface area contributed by atoms with E-state index >= 15 is 0 Å². The maximum absolute atomic E-state index is 12.6. The number of rotatable bonds is 5. The molecule has 0 fully saturated rings. The standard InChI is InChI=1S/C16H16F3NO2/c1-11(7-8-14-6-3-9-22-14)20-15(21)12-4-2-5-13(10-12)16(17,18)19/h2-6,9-11H,7-8H2,1H3,(H,20,21). The molecule has 2 rings (SSSR count). The Hall–Kier alpha value is -2.24. The molecule has 0 saturated carbocycles. The van der Waals surface area contributed by atoms with Crippen molar-refractivity contribution in [3.63, 3.8) is 0 Å². The number of alkyl halides is 3. The van der Waals surface area contributed by atoms with Crippen LogP contribution in [0.4, 0.5) is 13.2 Å². The van der Waals surface area contributed by atoms with Crippen LogP contribution in [0.5, 0.6) is 0 Å². The highest BCUT2D eigenvalue weighted by Crippen LogP contribution is 2.29. The Labute approximate surface area is 126 Å². The van der Waals surface area contributed by atoms with E-state index in [1.807, 2.05) is 6.07 Å². The number of hydrogen-bond acceptors (Lipinski definition) is 2. The Kier molecular flexibility index (Phi) is 4.90. The van der Waals surface area contributed by atoms with Gasteiger partial charge in [0, 0.05) is 18.0 Å². The molecular weight excluding hydrogens is 295 g/mol. The molecule has 1 N–H and O–H groups in total. The van der Waals surface area contributed by atoms with E-state index in [-0.39, 0.29) is 11.6 Å². The summed E-state index contributed by atoms with van der Waals surface area (Å²) in [5.41, 5.74) is -0.830. The molecule has 0 aliphatic rings. The lowest BCUT2D eigenvalue weighted by atomic mass is 10.1. The first-order chi connectivity index (χ1) is 10.4. The largest absolute Gasteiger partial charge is 0.469 e. The molecule has 0 bridgehead atoms. The van der Waals surface area contributed by atoms with Crippen molar-refractivity contribution in [2.45, 2.75) is 32.0 Å². The van der Waals surface area contributed by atoms with E-state index in [0.29, 0.717) is 12.8 Å². The lowest BCUT2D eigenvalue weighted by Gasteiger charge is -2.14. The van der Waals surface area contributed by atoms with Crippen LogP contribution >= 0.6 is 0 Å². The SMILES string of the molecule is CC(CCc1ccco1)NC(=O)c1cccc(C(F)(F)F)c1. The Bertz CT molecular complexity index is 621. The zero-order chi connectivity index (χ0) is 16.2. The summed E-state index contributed by atoms with van der Waals surface area (Å²) in [6.45, 7) is 1.80. The third-order valence-corrected chi connectivity index (χ3v) is 3.23. The molecule has 1 aromatic carbocycles. The van der Waals surface area contributed by atoms with Gasteiger partial charge in [-0.1, -0.05) is 6.07 Å². The molecule has 1 unspecified atom stereocenters. The average molecular weight is 311 g/mol. The van der Waals surface area contributed by atoms with Crippen molar-refractivity contribution >= 4 is 5.91 Å². The van der Waals surface area contributed by atoms with Gasteiger partial charge >= 0.3 is 6.18 Å². The summed E-state index contributed by atoms with van der Waals surface area (Å²) in [5.74, 6) is 0.290. The predicted molar refractivity (Wildman–Crippen MR) is 75.4 cm³/mol. The minimum Gasteiger partial charge on any atom is -0.469 e. The molecule has 0 aliphatic heterocycles. The first-order valence-electron chi connectivity index (χ1n) is 6.87. The van der Waals surface area contributed by atoms with Crippen molar-refractivity contribution in [2.24, 2.45) is 0 Å². The van der Waals surface area contributed by atoms with Crippen LogP contribution in [0.1, 0.15) is 35.0 Å². The van der Waals surface area contributed by atoms with Crippen LogP contribution < -0.4 is 5.32 Å². The Balaban J connectivity index is 1.94. The van der Waals surface area contributed by atoms with E-state index in [1.165, 1.54) is 12.1 Å².